The Labute approximate surface area is 111 Å². The van der Waals surface area contributed by atoms with Crippen LogP contribution in [0.25, 0.3) is 10.8 Å². The lowest BCUT2D eigenvalue weighted by Gasteiger charge is -2.17. The predicted octanol–water partition coefficient (Wildman–Crippen LogP) is 4.65. The summed E-state index contributed by atoms with van der Waals surface area (Å²) in [5, 5.41) is 2.50. The summed E-state index contributed by atoms with van der Waals surface area (Å²) in [6, 6.07) is 12.8. The van der Waals surface area contributed by atoms with Gasteiger partial charge in [-0.2, -0.15) is 0 Å². The molecule has 17 heavy (non-hydrogen) atoms. The van der Waals surface area contributed by atoms with Crippen molar-refractivity contribution in [3.8, 4) is 0 Å². The van der Waals surface area contributed by atoms with Gasteiger partial charge < -0.3 is 5.73 Å². The van der Waals surface area contributed by atoms with E-state index in [9.17, 15) is 0 Å². The lowest BCUT2D eigenvalue weighted by atomic mass is 9.93. The molecule has 1 atom stereocenters. The van der Waals surface area contributed by atoms with E-state index < -0.39 is 0 Å². The molecule has 0 spiro atoms. The molecule has 2 aromatic rings. The molecule has 0 saturated heterocycles. The van der Waals surface area contributed by atoms with Crippen LogP contribution >= 0.6 is 15.9 Å². The maximum Gasteiger partial charge on any atom is 0.0303 e. The van der Waals surface area contributed by atoms with Crippen molar-refractivity contribution in [1.29, 1.82) is 0 Å². The predicted molar refractivity (Wildman–Crippen MR) is 78.0 cm³/mol. The van der Waals surface area contributed by atoms with E-state index in [-0.39, 0.29) is 6.04 Å². The SMILES string of the molecule is CC(C)CC(N)c1ccc(Br)c2ccccc12. The summed E-state index contributed by atoms with van der Waals surface area (Å²) in [7, 11) is 0. The smallest absolute Gasteiger partial charge is 0.0303 e. The minimum absolute atomic E-state index is 0.119. The molecule has 0 fully saturated rings. The zero-order valence-corrected chi connectivity index (χ0v) is 11.9. The molecule has 0 heterocycles. The van der Waals surface area contributed by atoms with Crippen LogP contribution in [0.15, 0.2) is 40.9 Å². The molecule has 0 saturated carbocycles. The molecule has 1 nitrogen and oxygen atoms in total. The van der Waals surface area contributed by atoms with Crippen molar-refractivity contribution in [1.82, 2.24) is 0 Å². The van der Waals surface area contributed by atoms with Crippen molar-refractivity contribution in [3.63, 3.8) is 0 Å². The molecule has 2 rings (SSSR count). The number of hydrogen-bond acceptors (Lipinski definition) is 1. The van der Waals surface area contributed by atoms with Gasteiger partial charge in [0.15, 0.2) is 0 Å². The fourth-order valence-electron chi connectivity index (χ4n) is 2.24. The van der Waals surface area contributed by atoms with Gasteiger partial charge in [-0.15, -0.1) is 0 Å². The molecule has 0 aromatic heterocycles. The monoisotopic (exact) mass is 291 g/mol. The highest BCUT2D eigenvalue weighted by molar-refractivity contribution is 9.10. The van der Waals surface area contributed by atoms with Crippen molar-refractivity contribution < 1.29 is 0 Å². The molecule has 2 heteroatoms. The van der Waals surface area contributed by atoms with Gasteiger partial charge in [0.2, 0.25) is 0 Å². The molecular formula is C15H18BrN. The Bertz CT molecular complexity index is 519. The van der Waals surface area contributed by atoms with Gasteiger partial charge in [0.1, 0.15) is 0 Å². The number of rotatable bonds is 3. The van der Waals surface area contributed by atoms with E-state index in [1.807, 2.05) is 0 Å². The summed E-state index contributed by atoms with van der Waals surface area (Å²) in [5.74, 6) is 0.618. The van der Waals surface area contributed by atoms with E-state index in [0.29, 0.717) is 5.92 Å². The van der Waals surface area contributed by atoms with E-state index in [4.69, 9.17) is 5.73 Å². The zero-order chi connectivity index (χ0) is 12.4. The van der Waals surface area contributed by atoms with Crippen LogP contribution in [0.1, 0.15) is 31.9 Å². The fourth-order valence-corrected chi connectivity index (χ4v) is 2.72. The summed E-state index contributed by atoms with van der Waals surface area (Å²) in [6.07, 6.45) is 1.02. The van der Waals surface area contributed by atoms with Gasteiger partial charge in [-0.25, -0.2) is 0 Å². The minimum Gasteiger partial charge on any atom is -0.324 e. The molecule has 90 valence electrons. The number of fused-ring (bicyclic) bond motifs is 1. The van der Waals surface area contributed by atoms with Crippen LogP contribution in [0.3, 0.4) is 0 Å². The van der Waals surface area contributed by atoms with E-state index in [2.05, 4.69) is 66.2 Å². The van der Waals surface area contributed by atoms with Gasteiger partial charge in [0.05, 0.1) is 0 Å². The van der Waals surface area contributed by atoms with Gasteiger partial charge in [0, 0.05) is 10.5 Å². The second-order valence-electron chi connectivity index (χ2n) is 4.92. The Morgan fingerprint density at radius 3 is 2.35 bits per heavy atom. The topological polar surface area (TPSA) is 26.0 Å². The van der Waals surface area contributed by atoms with E-state index in [1.165, 1.54) is 16.3 Å². The number of nitrogens with two attached hydrogens (primary N) is 1. The van der Waals surface area contributed by atoms with Crippen molar-refractivity contribution in [3.05, 3.63) is 46.4 Å². The average molecular weight is 292 g/mol. The summed E-state index contributed by atoms with van der Waals surface area (Å²) < 4.78 is 1.13. The third-order valence-corrected chi connectivity index (χ3v) is 3.72. The van der Waals surface area contributed by atoms with E-state index in [1.54, 1.807) is 0 Å². The Balaban J connectivity index is 2.51. The Kier molecular flexibility index (Phi) is 3.85. The van der Waals surface area contributed by atoms with Gasteiger partial charge >= 0.3 is 0 Å². The van der Waals surface area contributed by atoms with Crippen LogP contribution in [-0.2, 0) is 0 Å². The average Bonchev–Trinajstić information content (AvgIpc) is 2.29. The first kappa shape index (κ1) is 12.6. The van der Waals surface area contributed by atoms with Crippen LogP contribution < -0.4 is 5.73 Å². The Morgan fingerprint density at radius 2 is 1.71 bits per heavy atom. The van der Waals surface area contributed by atoms with Crippen molar-refractivity contribution in [2.45, 2.75) is 26.3 Å². The summed E-state index contributed by atoms with van der Waals surface area (Å²) in [5.41, 5.74) is 7.54. The van der Waals surface area contributed by atoms with E-state index in [0.717, 1.165) is 10.9 Å². The van der Waals surface area contributed by atoms with Crippen LogP contribution in [-0.4, -0.2) is 0 Å². The number of benzene rings is 2. The van der Waals surface area contributed by atoms with Crippen molar-refractivity contribution >= 4 is 26.7 Å². The standard InChI is InChI=1S/C15H18BrN/c1-10(2)9-15(17)13-7-8-14(16)12-6-4-3-5-11(12)13/h3-8,10,15H,9,17H2,1-2H3. The van der Waals surface area contributed by atoms with Crippen LogP contribution in [0.2, 0.25) is 0 Å². The molecule has 0 amide bonds. The minimum atomic E-state index is 0.119. The van der Waals surface area contributed by atoms with Gasteiger partial charge in [-0.3, -0.25) is 0 Å². The first-order valence-corrected chi connectivity index (χ1v) is 6.81. The molecule has 0 aliphatic heterocycles. The van der Waals surface area contributed by atoms with Crippen molar-refractivity contribution in [2.75, 3.05) is 0 Å². The van der Waals surface area contributed by atoms with Gasteiger partial charge in [-0.1, -0.05) is 60.1 Å². The molecular weight excluding hydrogens is 274 g/mol. The molecule has 2 N–H and O–H groups in total. The molecule has 0 aliphatic rings. The fraction of sp³-hybridized carbons (Fsp3) is 0.333. The van der Waals surface area contributed by atoms with Crippen molar-refractivity contribution in [2.24, 2.45) is 11.7 Å². The highest BCUT2D eigenvalue weighted by Crippen LogP contribution is 2.31. The molecule has 1 unspecified atom stereocenters. The normalized spacial score (nSPS) is 13.2. The third kappa shape index (κ3) is 2.70. The van der Waals surface area contributed by atoms with Gasteiger partial charge in [0.25, 0.3) is 0 Å². The quantitative estimate of drug-likeness (QED) is 0.875. The second kappa shape index (κ2) is 5.19. The first-order chi connectivity index (χ1) is 8.09. The lowest BCUT2D eigenvalue weighted by molar-refractivity contribution is 0.512. The molecule has 2 aromatic carbocycles. The maximum atomic E-state index is 6.30. The molecule has 0 aliphatic carbocycles. The van der Waals surface area contributed by atoms with E-state index >= 15 is 0 Å². The van der Waals surface area contributed by atoms with Crippen LogP contribution in [0.4, 0.5) is 0 Å². The number of hydrogen-bond donors (Lipinski definition) is 1. The largest absolute Gasteiger partial charge is 0.324 e. The summed E-state index contributed by atoms with van der Waals surface area (Å²) >= 11 is 3.59. The highest BCUT2D eigenvalue weighted by Gasteiger charge is 2.12. The summed E-state index contributed by atoms with van der Waals surface area (Å²) in [4.78, 5) is 0. The third-order valence-electron chi connectivity index (χ3n) is 3.03. The maximum absolute atomic E-state index is 6.30. The molecule has 0 bridgehead atoms. The Morgan fingerprint density at radius 1 is 1.06 bits per heavy atom. The zero-order valence-electron chi connectivity index (χ0n) is 10.3. The highest BCUT2D eigenvalue weighted by atomic mass is 79.9. The van der Waals surface area contributed by atoms with Gasteiger partial charge in [-0.05, 0) is 34.7 Å². The first-order valence-electron chi connectivity index (χ1n) is 6.02. The second-order valence-corrected chi connectivity index (χ2v) is 5.77. The Hall–Kier alpha value is -0.860. The lowest BCUT2D eigenvalue weighted by Crippen LogP contribution is -2.13. The summed E-state index contributed by atoms with van der Waals surface area (Å²) in [6.45, 7) is 4.42. The molecule has 0 radical (unpaired) electrons. The van der Waals surface area contributed by atoms with Crippen LogP contribution in [0.5, 0.6) is 0 Å². The van der Waals surface area contributed by atoms with Crippen LogP contribution in [0, 0.1) is 5.92 Å². The number of halogens is 1.